The van der Waals surface area contributed by atoms with Gasteiger partial charge in [0.05, 0.1) is 6.61 Å². The van der Waals surface area contributed by atoms with E-state index < -0.39 is 0 Å². The van der Waals surface area contributed by atoms with E-state index in [-0.39, 0.29) is 6.03 Å². The van der Waals surface area contributed by atoms with E-state index in [4.69, 9.17) is 4.74 Å². The van der Waals surface area contributed by atoms with Crippen molar-refractivity contribution in [2.24, 2.45) is 0 Å². The van der Waals surface area contributed by atoms with E-state index in [1.165, 1.54) is 0 Å². The monoisotopic (exact) mass is 250 g/mol. The zero-order valence-corrected chi connectivity index (χ0v) is 11.2. The van der Waals surface area contributed by atoms with Crippen LogP contribution in [0.5, 0.6) is 5.75 Å². The van der Waals surface area contributed by atoms with Gasteiger partial charge in [0, 0.05) is 12.2 Å². The zero-order chi connectivity index (χ0) is 13.2. The molecule has 2 amide bonds. The van der Waals surface area contributed by atoms with Crippen molar-refractivity contribution < 1.29 is 9.53 Å². The number of carbonyl (C=O) groups is 1. The highest BCUT2D eigenvalue weighted by atomic mass is 16.5. The summed E-state index contributed by atoms with van der Waals surface area (Å²) in [5.41, 5.74) is 0.770. The third kappa shape index (κ3) is 5.57. The van der Waals surface area contributed by atoms with Crippen LogP contribution in [0.2, 0.25) is 0 Å². The molecule has 4 nitrogen and oxygen atoms in total. The van der Waals surface area contributed by atoms with Gasteiger partial charge in [-0.3, -0.25) is 0 Å². The highest BCUT2D eigenvalue weighted by Gasteiger charge is 2.00. The average Bonchev–Trinajstić information content (AvgIpc) is 2.39. The predicted molar refractivity (Wildman–Crippen MR) is 74.2 cm³/mol. The Labute approximate surface area is 109 Å². The van der Waals surface area contributed by atoms with Crippen molar-refractivity contribution in [2.45, 2.75) is 33.1 Å². The SMILES string of the molecule is CCCCOc1ccc(NC(=O)NCCC)cc1. The van der Waals surface area contributed by atoms with Crippen molar-refractivity contribution in [1.29, 1.82) is 0 Å². The minimum absolute atomic E-state index is 0.170. The minimum atomic E-state index is -0.170. The van der Waals surface area contributed by atoms with Crippen LogP contribution in [0.1, 0.15) is 33.1 Å². The van der Waals surface area contributed by atoms with Gasteiger partial charge in [0.2, 0.25) is 0 Å². The largest absolute Gasteiger partial charge is 0.494 e. The Morgan fingerprint density at radius 3 is 2.50 bits per heavy atom. The Bertz CT molecular complexity index is 349. The van der Waals surface area contributed by atoms with Crippen LogP contribution < -0.4 is 15.4 Å². The second kappa shape index (κ2) is 8.39. The summed E-state index contributed by atoms with van der Waals surface area (Å²) in [5.74, 6) is 0.836. The molecule has 2 N–H and O–H groups in total. The van der Waals surface area contributed by atoms with E-state index in [9.17, 15) is 4.79 Å². The van der Waals surface area contributed by atoms with Crippen LogP contribution in [0, 0.1) is 0 Å². The van der Waals surface area contributed by atoms with E-state index >= 15 is 0 Å². The summed E-state index contributed by atoms with van der Waals surface area (Å²) in [4.78, 5) is 11.4. The van der Waals surface area contributed by atoms with Crippen molar-refractivity contribution in [3.05, 3.63) is 24.3 Å². The molecule has 100 valence electrons. The number of anilines is 1. The molecule has 1 rings (SSSR count). The van der Waals surface area contributed by atoms with Crippen LogP contribution in [-0.2, 0) is 0 Å². The Kier molecular flexibility index (Phi) is 6.69. The lowest BCUT2D eigenvalue weighted by Gasteiger charge is -2.08. The van der Waals surface area contributed by atoms with Crippen LogP contribution in [0.3, 0.4) is 0 Å². The molecular weight excluding hydrogens is 228 g/mol. The quantitative estimate of drug-likeness (QED) is 0.729. The van der Waals surface area contributed by atoms with Gasteiger partial charge < -0.3 is 15.4 Å². The fourth-order valence-corrected chi connectivity index (χ4v) is 1.38. The summed E-state index contributed by atoms with van der Waals surface area (Å²) in [6.07, 6.45) is 3.11. The van der Waals surface area contributed by atoms with Gasteiger partial charge in [0.1, 0.15) is 5.75 Å². The predicted octanol–water partition coefficient (Wildman–Crippen LogP) is 3.40. The number of hydrogen-bond donors (Lipinski definition) is 2. The molecule has 0 heterocycles. The van der Waals surface area contributed by atoms with Gasteiger partial charge in [0.25, 0.3) is 0 Å². The smallest absolute Gasteiger partial charge is 0.319 e. The molecule has 1 aromatic carbocycles. The Morgan fingerprint density at radius 1 is 1.17 bits per heavy atom. The first kappa shape index (κ1) is 14.4. The number of unbranched alkanes of at least 4 members (excludes halogenated alkanes) is 1. The minimum Gasteiger partial charge on any atom is -0.494 e. The van der Waals surface area contributed by atoms with Crippen molar-refractivity contribution in [3.8, 4) is 5.75 Å². The molecule has 0 spiro atoms. The highest BCUT2D eigenvalue weighted by Crippen LogP contribution is 2.15. The van der Waals surface area contributed by atoms with Gasteiger partial charge in [-0.1, -0.05) is 20.3 Å². The number of hydrogen-bond acceptors (Lipinski definition) is 2. The Balaban J connectivity index is 2.37. The fourth-order valence-electron chi connectivity index (χ4n) is 1.38. The highest BCUT2D eigenvalue weighted by molar-refractivity contribution is 5.89. The Morgan fingerprint density at radius 2 is 1.89 bits per heavy atom. The zero-order valence-electron chi connectivity index (χ0n) is 11.2. The molecular formula is C14H22N2O2. The summed E-state index contributed by atoms with van der Waals surface area (Å²) in [7, 11) is 0. The number of rotatable bonds is 7. The van der Waals surface area contributed by atoms with E-state index in [1.807, 2.05) is 31.2 Å². The molecule has 0 unspecified atom stereocenters. The van der Waals surface area contributed by atoms with Gasteiger partial charge in [-0.2, -0.15) is 0 Å². The number of ether oxygens (including phenoxy) is 1. The first-order valence-electron chi connectivity index (χ1n) is 6.54. The van der Waals surface area contributed by atoms with E-state index in [1.54, 1.807) is 0 Å². The lowest BCUT2D eigenvalue weighted by Crippen LogP contribution is -2.29. The van der Waals surface area contributed by atoms with Gasteiger partial charge in [-0.25, -0.2) is 4.79 Å². The molecule has 0 atom stereocenters. The molecule has 0 aliphatic rings. The van der Waals surface area contributed by atoms with Crippen LogP contribution in [0.25, 0.3) is 0 Å². The summed E-state index contributed by atoms with van der Waals surface area (Å²) in [5, 5.41) is 5.52. The van der Waals surface area contributed by atoms with Crippen LogP contribution >= 0.6 is 0 Å². The van der Waals surface area contributed by atoms with Crippen molar-refractivity contribution in [1.82, 2.24) is 5.32 Å². The van der Waals surface area contributed by atoms with Gasteiger partial charge in [-0.05, 0) is 37.1 Å². The van der Waals surface area contributed by atoms with Crippen LogP contribution in [-0.4, -0.2) is 19.2 Å². The van der Waals surface area contributed by atoms with Crippen molar-refractivity contribution in [3.63, 3.8) is 0 Å². The third-order valence-electron chi connectivity index (χ3n) is 2.41. The lowest BCUT2D eigenvalue weighted by atomic mass is 10.3. The molecule has 0 saturated heterocycles. The van der Waals surface area contributed by atoms with Crippen LogP contribution in [0.15, 0.2) is 24.3 Å². The molecule has 4 heteroatoms. The first-order chi connectivity index (χ1) is 8.76. The molecule has 1 aromatic rings. The molecule has 0 fully saturated rings. The second-order valence-electron chi connectivity index (χ2n) is 4.11. The summed E-state index contributed by atoms with van der Waals surface area (Å²) in [6, 6.07) is 7.24. The fraction of sp³-hybridized carbons (Fsp3) is 0.500. The van der Waals surface area contributed by atoms with Gasteiger partial charge >= 0.3 is 6.03 Å². The molecule has 0 aromatic heterocycles. The number of carbonyl (C=O) groups excluding carboxylic acids is 1. The van der Waals surface area contributed by atoms with E-state index in [2.05, 4.69) is 17.6 Å². The Hall–Kier alpha value is -1.71. The van der Waals surface area contributed by atoms with Crippen molar-refractivity contribution in [2.75, 3.05) is 18.5 Å². The maximum atomic E-state index is 11.4. The summed E-state index contributed by atoms with van der Waals surface area (Å²) in [6.45, 7) is 5.57. The maximum Gasteiger partial charge on any atom is 0.319 e. The molecule has 0 saturated carbocycles. The molecule has 18 heavy (non-hydrogen) atoms. The van der Waals surface area contributed by atoms with Gasteiger partial charge in [-0.15, -0.1) is 0 Å². The molecule has 0 aliphatic carbocycles. The third-order valence-corrected chi connectivity index (χ3v) is 2.41. The molecule has 0 radical (unpaired) electrons. The number of nitrogens with one attached hydrogen (secondary N) is 2. The topological polar surface area (TPSA) is 50.4 Å². The number of amides is 2. The normalized spacial score (nSPS) is 9.89. The number of benzene rings is 1. The summed E-state index contributed by atoms with van der Waals surface area (Å²) >= 11 is 0. The van der Waals surface area contributed by atoms with Gasteiger partial charge in [0.15, 0.2) is 0 Å². The van der Waals surface area contributed by atoms with E-state index in [0.717, 1.165) is 37.3 Å². The van der Waals surface area contributed by atoms with Crippen molar-refractivity contribution >= 4 is 11.7 Å². The lowest BCUT2D eigenvalue weighted by molar-refractivity contribution is 0.252. The summed E-state index contributed by atoms with van der Waals surface area (Å²) < 4.78 is 5.54. The van der Waals surface area contributed by atoms with Crippen LogP contribution in [0.4, 0.5) is 10.5 Å². The standard InChI is InChI=1S/C14H22N2O2/c1-3-5-11-18-13-8-6-12(7-9-13)16-14(17)15-10-4-2/h6-9H,3-5,10-11H2,1-2H3,(H2,15,16,17). The molecule has 0 bridgehead atoms. The maximum absolute atomic E-state index is 11.4. The average molecular weight is 250 g/mol. The number of urea groups is 1. The molecule has 0 aliphatic heterocycles. The first-order valence-corrected chi connectivity index (χ1v) is 6.54. The second-order valence-corrected chi connectivity index (χ2v) is 4.11. The van der Waals surface area contributed by atoms with E-state index in [0.29, 0.717) is 6.54 Å².